The van der Waals surface area contributed by atoms with E-state index in [9.17, 15) is 4.79 Å². The quantitative estimate of drug-likeness (QED) is 0.616. The average Bonchev–Trinajstić information content (AvgIpc) is 2.32. The van der Waals surface area contributed by atoms with Crippen molar-refractivity contribution in [2.24, 2.45) is 0 Å². The second kappa shape index (κ2) is 8.78. The van der Waals surface area contributed by atoms with Crippen LogP contribution in [-0.2, 0) is 4.74 Å². The lowest BCUT2D eigenvalue weighted by Gasteiger charge is -2.08. The van der Waals surface area contributed by atoms with Crippen LogP contribution in [0.5, 0.6) is 0 Å². The highest BCUT2D eigenvalue weighted by molar-refractivity contribution is 5.96. The molecule has 0 aromatic heterocycles. The Kier molecular flexibility index (Phi) is 8.16. The Morgan fingerprint density at radius 2 is 2.17 bits per heavy atom. The van der Waals surface area contributed by atoms with E-state index in [-0.39, 0.29) is 18.3 Å². The number of rotatable bonds is 6. The SMILES string of the molecule is CCOCCCNC(=O)c1cc(N)ccc1C.Cl. The minimum absolute atomic E-state index is 0. The molecule has 1 rings (SSSR count). The second-order valence-electron chi connectivity index (χ2n) is 3.88. The van der Waals surface area contributed by atoms with E-state index in [1.54, 1.807) is 12.1 Å². The lowest BCUT2D eigenvalue weighted by molar-refractivity contribution is 0.0943. The number of nitrogen functional groups attached to an aromatic ring is 1. The summed E-state index contributed by atoms with van der Waals surface area (Å²) >= 11 is 0. The molecular formula is C13H21ClN2O2. The standard InChI is InChI=1S/C13H20N2O2.ClH/c1-3-17-8-4-7-15-13(16)12-9-11(14)6-5-10(12)2;/h5-6,9H,3-4,7-8,14H2,1-2H3,(H,15,16);1H. The molecule has 1 aromatic rings. The van der Waals surface area contributed by atoms with Crippen molar-refractivity contribution in [3.63, 3.8) is 0 Å². The third-order valence-electron chi connectivity index (χ3n) is 2.46. The van der Waals surface area contributed by atoms with E-state index < -0.39 is 0 Å². The predicted octanol–water partition coefficient (Wildman–Crippen LogP) is 2.16. The Morgan fingerprint density at radius 3 is 2.83 bits per heavy atom. The normalized spacial score (nSPS) is 9.67. The minimum atomic E-state index is -0.0775. The van der Waals surface area contributed by atoms with Crippen molar-refractivity contribution in [3.8, 4) is 0 Å². The average molecular weight is 273 g/mol. The summed E-state index contributed by atoms with van der Waals surface area (Å²) < 4.78 is 5.19. The smallest absolute Gasteiger partial charge is 0.251 e. The summed E-state index contributed by atoms with van der Waals surface area (Å²) in [5.41, 5.74) is 7.84. The Balaban J connectivity index is 0.00000289. The molecule has 102 valence electrons. The molecule has 1 amide bonds. The first-order valence-electron chi connectivity index (χ1n) is 5.87. The zero-order valence-electron chi connectivity index (χ0n) is 10.9. The number of halogens is 1. The monoisotopic (exact) mass is 272 g/mol. The maximum Gasteiger partial charge on any atom is 0.251 e. The second-order valence-corrected chi connectivity index (χ2v) is 3.88. The molecule has 0 aliphatic carbocycles. The van der Waals surface area contributed by atoms with Crippen LogP contribution in [0.25, 0.3) is 0 Å². The molecule has 18 heavy (non-hydrogen) atoms. The largest absolute Gasteiger partial charge is 0.399 e. The fourth-order valence-corrected chi connectivity index (χ4v) is 1.50. The minimum Gasteiger partial charge on any atom is -0.399 e. The summed E-state index contributed by atoms with van der Waals surface area (Å²) in [5, 5.41) is 2.85. The number of hydrogen-bond donors (Lipinski definition) is 2. The molecule has 0 radical (unpaired) electrons. The van der Waals surface area contributed by atoms with Gasteiger partial charge in [0.15, 0.2) is 0 Å². The van der Waals surface area contributed by atoms with Crippen molar-refractivity contribution in [2.75, 3.05) is 25.5 Å². The number of carbonyl (C=O) groups excluding carboxylic acids is 1. The number of amides is 1. The highest BCUT2D eigenvalue weighted by atomic mass is 35.5. The Labute approximate surface area is 114 Å². The molecule has 0 saturated heterocycles. The van der Waals surface area contributed by atoms with Crippen molar-refractivity contribution in [1.29, 1.82) is 0 Å². The van der Waals surface area contributed by atoms with Gasteiger partial charge in [-0.3, -0.25) is 4.79 Å². The predicted molar refractivity (Wildman–Crippen MR) is 76.3 cm³/mol. The summed E-state index contributed by atoms with van der Waals surface area (Å²) in [7, 11) is 0. The fraction of sp³-hybridized carbons (Fsp3) is 0.462. The first-order chi connectivity index (χ1) is 8.15. The van der Waals surface area contributed by atoms with Crippen molar-refractivity contribution in [3.05, 3.63) is 29.3 Å². The molecule has 0 unspecified atom stereocenters. The summed E-state index contributed by atoms with van der Waals surface area (Å²) in [6.45, 7) is 5.85. The van der Waals surface area contributed by atoms with E-state index >= 15 is 0 Å². The van der Waals surface area contributed by atoms with Crippen LogP contribution in [0.15, 0.2) is 18.2 Å². The third kappa shape index (κ3) is 5.38. The Bertz CT molecular complexity index is 383. The summed E-state index contributed by atoms with van der Waals surface area (Å²) in [4.78, 5) is 11.8. The number of nitrogens with two attached hydrogens (primary N) is 1. The molecule has 3 N–H and O–H groups in total. The topological polar surface area (TPSA) is 64.3 Å². The van der Waals surface area contributed by atoms with Crippen LogP contribution in [0.2, 0.25) is 0 Å². The molecule has 5 heteroatoms. The molecule has 0 atom stereocenters. The summed E-state index contributed by atoms with van der Waals surface area (Å²) in [6, 6.07) is 5.35. The number of hydrogen-bond acceptors (Lipinski definition) is 3. The first-order valence-corrected chi connectivity index (χ1v) is 5.87. The van der Waals surface area contributed by atoms with Gasteiger partial charge in [0.1, 0.15) is 0 Å². The Hall–Kier alpha value is -1.26. The van der Waals surface area contributed by atoms with Gasteiger partial charge in [-0.15, -0.1) is 12.4 Å². The van der Waals surface area contributed by atoms with Crippen molar-refractivity contribution in [1.82, 2.24) is 5.32 Å². The van der Waals surface area contributed by atoms with Gasteiger partial charge in [-0.2, -0.15) is 0 Å². The van der Waals surface area contributed by atoms with Gasteiger partial charge in [-0.25, -0.2) is 0 Å². The molecule has 0 heterocycles. The lowest BCUT2D eigenvalue weighted by Crippen LogP contribution is -2.26. The zero-order valence-corrected chi connectivity index (χ0v) is 11.7. The molecule has 4 nitrogen and oxygen atoms in total. The number of nitrogens with one attached hydrogen (secondary N) is 1. The maximum atomic E-state index is 11.8. The molecule has 0 spiro atoms. The van der Waals surface area contributed by atoms with Crippen LogP contribution in [-0.4, -0.2) is 25.7 Å². The molecule has 1 aromatic carbocycles. The van der Waals surface area contributed by atoms with Gasteiger partial charge in [0, 0.05) is 31.0 Å². The van der Waals surface area contributed by atoms with Crippen LogP contribution in [0.3, 0.4) is 0 Å². The summed E-state index contributed by atoms with van der Waals surface area (Å²) in [6.07, 6.45) is 0.820. The van der Waals surface area contributed by atoms with Gasteiger partial charge in [0.05, 0.1) is 0 Å². The van der Waals surface area contributed by atoms with E-state index in [2.05, 4.69) is 5.32 Å². The molecule has 0 saturated carbocycles. The van der Waals surface area contributed by atoms with Crippen LogP contribution < -0.4 is 11.1 Å². The van der Waals surface area contributed by atoms with Gasteiger partial charge < -0.3 is 15.8 Å². The zero-order chi connectivity index (χ0) is 12.7. The van der Waals surface area contributed by atoms with Crippen LogP contribution in [0, 0.1) is 6.92 Å². The number of aryl methyl sites for hydroxylation is 1. The molecular weight excluding hydrogens is 252 g/mol. The lowest BCUT2D eigenvalue weighted by atomic mass is 10.1. The van der Waals surface area contributed by atoms with E-state index in [0.717, 1.165) is 12.0 Å². The van der Waals surface area contributed by atoms with Crippen LogP contribution in [0.1, 0.15) is 29.3 Å². The van der Waals surface area contributed by atoms with Crippen molar-refractivity contribution in [2.45, 2.75) is 20.3 Å². The Morgan fingerprint density at radius 1 is 1.44 bits per heavy atom. The number of anilines is 1. The van der Waals surface area contributed by atoms with Gasteiger partial charge in [-0.05, 0) is 38.0 Å². The van der Waals surface area contributed by atoms with Gasteiger partial charge in [-0.1, -0.05) is 6.07 Å². The number of ether oxygens (including phenoxy) is 1. The molecule has 0 fully saturated rings. The summed E-state index contributed by atoms with van der Waals surface area (Å²) in [5.74, 6) is -0.0775. The molecule has 0 aliphatic rings. The van der Waals surface area contributed by atoms with Gasteiger partial charge in [0.2, 0.25) is 0 Å². The van der Waals surface area contributed by atoms with E-state index in [1.165, 1.54) is 0 Å². The molecule has 0 aliphatic heterocycles. The van der Waals surface area contributed by atoms with E-state index in [0.29, 0.717) is 31.0 Å². The van der Waals surface area contributed by atoms with Crippen molar-refractivity contribution < 1.29 is 9.53 Å². The highest BCUT2D eigenvalue weighted by Gasteiger charge is 2.08. The number of carbonyl (C=O) groups is 1. The van der Waals surface area contributed by atoms with E-state index in [1.807, 2.05) is 19.9 Å². The highest BCUT2D eigenvalue weighted by Crippen LogP contribution is 2.12. The van der Waals surface area contributed by atoms with Gasteiger partial charge >= 0.3 is 0 Å². The van der Waals surface area contributed by atoms with Crippen molar-refractivity contribution >= 4 is 24.0 Å². The van der Waals surface area contributed by atoms with Crippen LogP contribution in [0.4, 0.5) is 5.69 Å². The number of benzene rings is 1. The van der Waals surface area contributed by atoms with E-state index in [4.69, 9.17) is 10.5 Å². The third-order valence-corrected chi connectivity index (χ3v) is 2.46. The first kappa shape index (κ1) is 16.7. The fourth-order valence-electron chi connectivity index (χ4n) is 1.50. The maximum absolute atomic E-state index is 11.8. The molecule has 0 bridgehead atoms. The van der Waals surface area contributed by atoms with Crippen LogP contribution >= 0.6 is 12.4 Å². The van der Waals surface area contributed by atoms with Gasteiger partial charge in [0.25, 0.3) is 5.91 Å².